The molecule has 0 unspecified atom stereocenters. The summed E-state index contributed by atoms with van der Waals surface area (Å²) in [5.41, 5.74) is 0.982. The maximum absolute atomic E-state index is 12.5. The van der Waals surface area contributed by atoms with Crippen molar-refractivity contribution in [2.75, 3.05) is 14.2 Å². The Morgan fingerprint density at radius 2 is 1.50 bits per heavy atom. The summed E-state index contributed by atoms with van der Waals surface area (Å²) in [6.07, 6.45) is 0. The summed E-state index contributed by atoms with van der Waals surface area (Å²) in [6.45, 7) is 1.70. The number of carbonyl (C=O) groups is 2. The zero-order valence-corrected chi connectivity index (χ0v) is 15.4. The number of allylic oxidation sites excluding steroid dienone is 1. The molecule has 0 spiro atoms. The first kappa shape index (κ1) is 19.4. The number of hydrogen-bond acceptors (Lipinski definition) is 6. The molecule has 136 valence electrons. The number of esters is 1. The predicted octanol–water partition coefficient (Wildman–Crippen LogP) is 3.67. The fourth-order valence-corrected chi connectivity index (χ4v) is 2.53. The molecule has 26 heavy (non-hydrogen) atoms. The number of carbonyl (C=O) groups excluding carboxylic acids is 1. The first-order chi connectivity index (χ1) is 12.4. The molecule has 0 bridgehead atoms. The van der Waals surface area contributed by atoms with Crippen LogP contribution < -0.4 is 14.2 Å². The number of hydrogen-bond donors (Lipinski definition) is 2. The predicted molar refractivity (Wildman–Crippen MR) is 100 cm³/mol. The average Bonchev–Trinajstić information content (AvgIpc) is 2.66. The molecule has 0 amide bonds. The van der Waals surface area contributed by atoms with Crippen molar-refractivity contribution < 1.29 is 28.9 Å². The van der Waals surface area contributed by atoms with Gasteiger partial charge in [-0.3, -0.25) is 0 Å². The number of carboxylic acids is 1. The Hall–Kier alpha value is -2.93. The van der Waals surface area contributed by atoms with Gasteiger partial charge in [0.1, 0.15) is 22.8 Å². The van der Waals surface area contributed by atoms with Crippen LogP contribution in [0.5, 0.6) is 17.2 Å². The first-order valence-electron chi connectivity index (χ1n) is 7.56. The van der Waals surface area contributed by atoms with Crippen molar-refractivity contribution in [2.24, 2.45) is 0 Å². The largest absolute Gasteiger partial charge is 0.496 e. The Labute approximate surface area is 156 Å². The van der Waals surface area contributed by atoms with E-state index >= 15 is 0 Å². The van der Waals surface area contributed by atoms with Gasteiger partial charge in [-0.2, -0.15) is 0 Å². The molecule has 0 heterocycles. The van der Waals surface area contributed by atoms with E-state index in [0.717, 1.165) is 0 Å². The van der Waals surface area contributed by atoms with Gasteiger partial charge in [0.2, 0.25) is 0 Å². The van der Waals surface area contributed by atoms with Crippen molar-refractivity contribution in [1.29, 1.82) is 0 Å². The summed E-state index contributed by atoms with van der Waals surface area (Å²) in [5.74, 6) is -1.50. The lowest BCUT2D eigenvalue weighted by Crippen LogP contribution is -2.13. The molecule has 0 saturated carbocycles. The Bertz CT molecular complexity index is 872. The van der Waals surface area contributed by atoms with E-state index in [1.54, 1.807) is 25.1 Å². The number of thiol groups is 1. The van der Waals surface area contributed by atoms with Crippen molar-refractivity contribution in [2.45, 2.75) is 6.92 Å². The van der Waals surface area contributed by atoms with Gasteiger partial charge in [-0.05, 0) is 30.7 Å². The van der Waals surface area contributed by atoms with Crippen LogP contribution in [0.2, 0.25) is 0 Å². The SMILES string of the molecule is COc1ccccc1C(C)=C(S)C(=O)Oc1cccc(OC)c1C(=O)O. The second-order valence-corrected chi connectivity index (χ2v) is 5.65. The van der Waals surface area contributed by atoms with E-state index in [9.17, 15) is 14.7 Å². The molecule has 2 rings (SSSR count). The molecule has 1 N–H and O–H groups in total. The second-order valence-electron chi connectivity index (χ2n) is 5.20. The molecule has 0 aliphatic rings. The topological polar surface area (TPSA) is 82.1 Å². The minimum atomic E-state index is -1.27. The Morgan fingerprint density at radius 1 is 0.923 bits per heavy atom. The van der Waals surface area contributed by atoms with Crippen molar-refractivity contribution in [3.63, 3.8) is 0 Å². The lowest BCUT2D eigenvalue weighted by Gasteiger charge is -2.13. The molecule has 2 aromatic rings. The zero-order valence-electron chi connectivity index (χ0n) is 14.5. The van der Waals surface area contributed by atoms with Gasteiger partial charge in [-0.1, -0.05) is 24.3 Å². The molecule has 0 aromatic heterocycles. The number of methoxy groups -OCH3 is 2. The quantitative estimate of drug-likeness (QED) is 0.347. The van der Waals surface area contributed by atoms with Crippen LogP contribution in [0.4, 0.5) is 0 Å². The lowest BCUT2D eigenvalue weighted by molar-refractivity contribution is -0.129. The van der Waals surface area contributed by atoms with Crippen molar-refractivity contribution in [3.05, 3.63) is 58.5 Å². The number of rotatable bonds is 6. The summed E-state index contributed by atoms with van der Waals surface area (Å²) in [4.78, 5) is 24.0. The fraction of sp³-hybridized carbons (Fsp3) is 0.158. The van der Waals surface area contributed by atoms with E-state index in [2.05, 4.69) is 12.6 Å². The third kappa shape index (κ3) is 4.00. The van der Waals surface area contributed by atoms with E-state index in [1.807, 2.05) is 6.07 Å². The third-order valence-corrected chi connectivity index (χ3v) is 4.20. The van der Waals surface area contributed by atoms with Crippen LogP contribution in [0, 0.1) is 0 Å². The van der Waals surface area contributed by atoms with Gasteiger partial charge in [0.15, 0.2) is 0 Å². The Kier molecular flexibility index (Phi) is 6.30. The van der Waals surface area contributed by atoms with E-state index < -0.39 is 11.9 Å². The average molecular weight is 374 g/mol. The van der Waals surface area contributed by atoms with Crippen LogP contribution in [0.3, 0.4) is 0 Å². The minimum Gasteiger partial charge on any atom is -0.496 e. The monoisotopic (exact) mass is 374 g/mol. The smallest absolute Gasteiger partial charge is 0.350 e. The van der Waals surface area contributed by atoms with Crippen LogP contribution >= 0.6 is 12.6 Å². The zero-order chi connectivity index (χ0) is 19.3. The fourth-order valence-electron chi connectivity index (χ4n) is 2.36. The molecule has 0 saturated heterocycles. The maximum atomic E-state index is 12.5. The minimum absolute atomic E-state index is 0.0358. The molecule has 7 heteroatoms. The van der Waals surface area contributed by atoms with E-state index in [4.69, 9.17) is 14.2 Å². The summed E-state index contributed by atoms with van der Waals surface area (Å²) in [7, 11) is 2.86. The van der Waals surface area contributed by atoms with E-state index in [0.29, 0.717) is 16.9 Å². The van der Waals surface area contributed by atoms with Gasteiger partial charge in [-0.25, -0.2) is 9.59 Å². The molecule has 2 aromatic carbocycles. The van der Waals surface area contributed by atoms with Gasteiger partial charge in [0, 0.05) is 5.56 Å². The van der Waals surface area contributed by atoms with Crippen LogP contribution in [-0.2, 0) is 4.79 Å². The van der Waals surface area contributed by atoms with Gasteiger partial charge in [0.25, 0.3) is 0 Å². The molecule has 6 nitrogen and oxygen atoms in total. The van der Waals surface area contributed by atoms with Gasteiger partial charge in [-0.15, -0.1) is 12.6 Å². The van der Waals surface area contributed by atoms with Crippen LogP contribution in [0.1, 0.15) is 22.8 Å². The molecule has 0 aliphatic heterocycles. The van der Waals surface area contributed by atoms with Gasteiger partial charge in [0.05, 0.1) is 19.1 Å². The highest BCUT2D eigenvalue weighted by molar-refractivity contribution is 7.85. The second kappa shape index (κ2) is 8.44. The van der Waals surface area contributed by atoms with Crippen molar-refractivity contribution in [1.82, 2.24) is 0 Å². The molecule has 0 aliphatic carbocycles. The first-order valence-corrected chi connectivity index (χ1v) is 8.01. The highest BCUT2D eigenvalue weighted by Crippen LogP contribution is 2.32. The van der Waals surface area contributed by atoms with Gasteiger partial charge < -0.3 is 19.3 Å². The summed E-state index contributed by atoms with van der Waals surface area (Å²) in [6, 6.07) is 11.5. The lowest BCUT2D eigenvalue weighted by atomic mass is 10.1. The number of benzene rings is 2. The standard InChI is InChI=1S/C19H18O6S/c1-11(12-7-4-5-8-13(12)23-2)17(26)19(22)25-15-10-6-9-14(24-3)16(15)18(20)21/h4-10,26H,1-3H3,(H,20,21). The third-order valence-electron chi connectivity index (χ3n) is 3.68. The number of ether oxygens (including phenoxy) is 3. The Morgan fingerprint density at radius 3 is 2.12 bits per heavy atom. The molecule has 0 fully saturated rings. The summed E-state index contributed by atoms with van der Waals surface area (Å²) in [5, 5.41) is 9.37. The van der Waals surface area contributed by atoms with Crippen molar-refractivity contribution in [3.8, 4) is 17.2 Å². The van der Waals surface area contributed by atoms with Crippen LogP contribution in [0.15, 0.2) is 47.4 Å². The molecular formula is C19H18O6S. The van der Waals surface area contributed by atoms with E-state index in [1.165, 1.54) is 32.4 Å². The number of carboxylic acid groups (broad SMARTS) is 1. The highest BCUT2D eigenvalue weighted by Gasteiger charge is 2.22. The van der Waals surface area contributed by atoms with Gasteiger partial charge >= 0.3 is 11.9 Å². The summed E-state index contributed by atoms with van der Waals surface area (Å²) < 4.78 is 15.6. The molecular weight excluding hydrogens is 356 g/mol. The maximum Gasteiger partial charge on any atom is 0.350 e. The molecule has 0 atom stereocenters. The summed E-state index contributed by atoms with van der Waals surface area (Å²) >= 11 is 4.25. The van der Waals surface area contributed by atoms with Crippen LogP contribution in [-0.4, -0.2) is 31.3 Å². The van der Waals surface area contributed by atoms with E-state index in [-0.39, 0.29) is 22.0 Å². The Balaban J connectivity index is 2.40. The normalized spacial score (nSPS) is 11.4. The van der Waals surface area contributed by atoms with Crippen molar-refractivity contribution >= 4 is 30.1 Å². The highest BCUT2D eigenvalue weighted by atomic mass is 32.1. The number of aromatic carboxylic acids is 1. The molecule has 0 radical (unpaired) electrons. The number of para-hydroxylation sites is 1. The van der Waals surface area contributed by atoms with Crippen LogP contribution in [0.25, 0.3) is 5.57 Å².